The SMILES string of the molecule is CNc1cnccc1C(=O)NCCC(C)C. The zero-order valence-electron chi connectivity index (χ0n) is 10.1. The highest BCUT2D eigenvalue weighted by Gasteiger charge is 2.09. The highest BCUT2D eigenvalue weighted by atomic mass is 16.1. The Balaban J connectivity index is 2.59. The minimum Gasteiger partial charge on any atom is -0.386 e. The predicted molar refractivity (Wildman–Crippen MR) is 65.6 cm³/mol. The number of hydrogen-bond donors (Lipinski definition) is 2. The molecule has 1 amide bonds. The first-order chi connectivity index (χ1) is 7.65. The minimum absolute atomic E-state index is 0.0487. The van der Waals surface area contributed by atoms with Crippen LogP contribution in [0.3, 0.4) is 0 Å². The molecule has 4 nitrogen and oxygen atoms in total. The monoisotopic (exact) mass is 221 g/mol. The summed E-state index contributed by atoms with van der Waals surface area (Å²) in [4.78, 5) is 15.8. The Morgan fingerprint density at radius 3 is 2.88 bits per heavy atom. The van der Waals surface area contributed by atoms with E-state index in [2.05, 4.69) is 29.5 Å². The summed E-state index contributed by atoms with van der Waals surface area (Å²) in [5.74, 6) is 0.550. The Labute approximate surface area is 96.5 Å². The Morgan fingerprint density at radius 1 is 1.50 bits per heavy atom. The molecule has 1 aromatic heterocycles. The molecule has 1 aromatic rings. The van der Waals surface area contributed by atoms with Crippen molar-refractivity contribution >= 4 is 11.6 Å². The lowest BCUT2D eigenvalue weighted by Gasteiger charge is -2.10. The van der Waals surface area contributed by atoms with E-state index in [1.807, 2.05) is 0 Å². The summed E-state index contributed by atoms with van der Waals surface area (Å²) in [6.07, 6.45) is 4.27. The number of hydrogen-bond acceptors (Lipinski definition) is 3. The summed E-state index contributed by atoms with van der Waals surface area (Å²) >= 11 is 0. The average molecular weight is 221 g/mol. The fourth-order valence-corrected chi connectivity index (χ4v) is 1.36. The van der Waals surface area contributed by atoms with E-state index in [9.17, 15) is 4.79 Å². The van der Waals surface area contributed by atoms with Crippen molar-refractivity contribution < 1.29 is 4.79 Å². The van der Waals surface area contributed by atoms with Crippen molar-refractivity contribution in [1.82, 2.24) is 10.3 Å². The first kappa shape index (κ1) is 12.5. The number of pyridine rings is 1. The van der Waals surface area contributed by atoms with E-state index in [0.717, 1.165) is 12.1 Å². The molecule has 0 aliphatic carbocycles. The number of rotatable bonds is 5. The molecule has 2 N–H and O–H groups in total. The van der Waals surface area contributed by atoms with Crippen LogP contribution in [0, 0.1) is 5.92 Å². The van der Waals surface area contributed by atoms with Gasteiger partial charge in [-0.15, -0.1) is 0 Å². The Hall–Kier alpha value is -1.58. The fraction of sp³-hybridized carbons (Fsp3) is 0.500. The molecule has 88 valence electrons. The van der Waals surface area contributed by atoms with Gasteiger partial charge in [0.05, 0.1) is 17.4 Å². The second-order valence-corrected chi connectivity index (χ2v) is 4.11. The molecular weight excluding hydrogens is 202 g/mol. The molecule has 0 saturated carbocycles. The van der Waals surface area contributed by atoms with E-state index >= 15 is 0 Å². The minimum atomic E-state index is -0.0487. The normalized spacial score (nSPS) is 10.2. The van der Waals surface area contributed by atoms with Crippen molar-refractivity contribution in [3.8, 4) is 0 Å². The lowest BCUT2D eigenvalue weighted by atomic mass is 10.1. The van der Waals surface area contributed by atoms with Gasteiger partial charge in [0.2, 0.25) is 0 Å². The second kappa shape index (κ2) is 6.10. The van der Waals surface area contributed by atoms with Crippen molar-refractivity contribution in [2.75, 3.05) is 18.9 Å². The summed E-state index contributed by atoms with van der Waals surface area (Å²) < 4.78 is 0. The molecule has 0 bridgehead atoms. The van der Waals surface area contributed by atoms with Crippen molar-refractivity contribution in [1.29, 1.82) is 0 Å². The van der Waals surface area contributed by atoms with Gasteiger partial charge in [0.1, 0.15) is 0 Å². The van der Waals surface area contributed by atoms with Gasteiger partial charge >= 0.3 is 0 Å². The van der Waals surface area contributed by atoms with Crippen molar-refractivity contribution in [2.24, 2.45) is 5.92 Å². The van der Waals surface area contributed by atoms with Gasteiger partial charge in [-0.2, -0.15) is 0 Å². The second-order valence-electron chi connectivity index (χ2n) is 4.11. The van der Waals surface area contributed by atoms with Crippen LogP contribution in [0.5, 0.6) is 0 Å². The Kier molecular flexibility index (Phi) is 4.76. The number of carbonyl (C=O) groups excluding carboxylic acids is 1. The highest BCUT2D eigenvalue weighted by Crippen LogP contribution is 2.11. The van der Waals surface area contributed by atoms with E-state index < -0.39 is 0 Å². The molecule has 0 unspecified atom stereocenters. The number of carbonyl (C=O) groups is 1. The van der Waals surface area contributed by atoms with Gasteiger partial charge < -0.3 is 10.6 Å². The Bertz CT molecular complexity index is 350. The number of amides is 1. The van der Waals surface area contributed by atoms with Crippen molar-refractivity contribution in [3.63, 3.8) is 0 Å². The standard InChI is InChI=1S/C12H19N3O/c1-9(2)4-7-15-12(16)10-5-6-14-8-11(10)13-3/h5-6,8-9,13H,4,7H2,1-3H3,(H,15,16). The quantitative estimate of drug-likeness (QED) is 0.798. The summed E-state index contributed by atoms with van der Waals surface area (Å²) in [6.45, 7) is 4.98. The predicted octanol–water partition coefficient (Wildman–Crippen LogP) is 1.90. The lowest BCUT2D eigenvalue weighted by molar-refractivity contribution is 0.0952. The van der Waals surface area contributed by atoms with Crippen LogP contribution in [0.4, 0.5) is 5.69 Å². The molecule has 0 radical (unpaired) electrons. The summed E-state index contributed by atoms with van der Waals surface area (Å²) in [5.41, 5.74) is 1.39. The number of aromatic nitrogens is 1. The lowest BCUT2D eigenvalue weighted by Crippen LogP contribution is -2.26. The third kappa shape index (κ3) is 3.53. The van der Waals surface area contributed by atoms with E-state index in [1.165, 1.54) is 0 Å². The molecule has 0 atom stereocenters. The molecule has 0 aromatic carbocycles. The van der Waals surface area contributed by atoms with Crippen LogP contribution in [0.1, 0.15) is 30.6 Å². The molecule has 0 fully saturated rings. The largest absolute Gasteiger partial charge is 0.386 e. The van der Waals surface area contributed by atoms with Crippen LogP contribution in [0.25, 0.3) is 0 Å². The molecule has 0 aliphatic rings. The molecule has 0 aliphatic heterocycles. The third-order valence-electron chi connectivity index (χ3n) is 2.34. The van der Waals surface area contributed by atoms with E-state index in [0.29, 0.717) is 18.0 Å². The van der Waals surface area contributed by atoms with Crippen molar-refractivity contribution in [2.45, 2.75) is 20.3 Å². The molecule has 1 rings (SSSR count). The van der Waals surface area contributed by atoms with Gasteiger partial charge in [-0.3, -0.25) is 9.78 Å². The first-order valence-electron chi connectivity index (χ1n) is 5.55. The molecule has 16 heavy (non-hydrogen) atoms. The molecule has 0 saturated heterocycles. The van der Waals surface area contributed by atoms with Crippen LogP contribution >= 0.6 is 0 Å². The first-order valence-corrected chi connectivity index (χ1v) is 5.55. The van der Waals surface area contributed by atoms with Gasteiger partial charge in [-0.1, -0.05) is 13.8 Å². The maximum Gasteiger partial charge on any atom is 0.253 e. The summed E-state index contributed by atoms with van der Waals surface area (Å²) in [5, 5.41) is 5.85. The highest BCUT2D eigenvalue weighted by molar-refractivity contribution is 5.99. The van der Waals surface area contributed by atoms with Crippen molar-refractivity contribution in [3.05, 3.63) is 24.0 Å². The third-order valence-corrected chi connectivity index (χ3v) is 2.34. The van der Waals surface area contributed by atoms with Gasteiger partial charge in [-0.05, 0) is 18.4 Å². The number of nitrogens with one attached hydrogen (secondary N) is 2. The number of anilines is 1. The van der Waals surface area contributed by atoms with Crippen LogP contribution in [0.2, 0.25) is 0 Å². The molecule has 4 heteroatoms. The zero-order valence-corrected chi connectivity index (χ0v) is 10.1. The number of nitrogens with zero attached hydrogens (tertiary/aromatic N) is 1. The topological polar surface area (TPSA) is 54.0 Å². The Morgan fingerprint density at radius 2 is 2.25 bits per heavy atom. The van der Waals surface area contributed by atoms with Gasteiger partial charge in [-0.25, -0.2) is 0 Å². The molecule has 0 spiro atoms. The molecule has 1 heterocycles. The van der Waals surface area contributed by atoms with Crippen LogP contribution in [0.15, 0.2) is 18.5 Å². The fourth-order valence-electron chi connectivity index (χ4n) is 1.36. The van der Waals surface area contributed by atoms with Crippen LogP contribution < -0.4 is 10.6 Å². The maximum atomic E-state index is 11.8. The van der Waals surface area contributed by atoms with Gasteiger partial charge in [0, 0.05) is 19.8 Å². The summed E-state index contributed by atoms with van der Waals surface area (Å²) in [7, 11) is 1.78. The summed E-state index contributed by atoms with van der Waals surface area (Å²) in [6, 6.07) is 1.72. The van der Waals surface area contributed by atoms with Gasteiger partial charge in [0.25, 0.3) is 5.91 Å². The van der Waals surface area contributed by atoms with E-state index in [-0.39, 0.29) is 5.91 Å². The van der Waals surface area contributed by atoms with E-state index in [4.69, 9.17) is 0 Å². The molecular formula is C12H19N3O. The van der Waals surface area contributed by atoms with E-state index in [1.54, 1.807) is 25.5 Å². The average Bonchev–Trinajstić information content (AvgIpc) is 2.28. The van der Waals surface area contributed by atoms with Gasteiger partial charge in [0.15, 0.2) is 0 Å². The van der Waals surface area contributed by atoms with Crippen LogP contribution in [-0.4, -0.2) is 24.5 Å². The van der Waals surface area contributed by atoms with Crippen LogP contribution in [-0.2, 0) is 0 Å². The smallest absolute Gasteiger partial charge is 0.253 e. The zero-order chi connectivity index (χ0) is 12.0. The maximum absolute atomic E-state index is 11.8.